The standard InChI is InChI=1S/C26H27N3O4/c1-23(2)10-8-15-17(33-23)7-6-14-16-12-26-18(24(3,4)20(16)29(32)19(14)15)13-25(21(30)27-26)9-5-11-28(25)22(26)31/h6-8,10,12,18H,5,9,11,13H2,1-4H3,(H,27,30)/t18?,25-,26+/m1/s1. The first-order valence-electron chi connectivity index (χ1n) is 11.8. The van der Waals surface area contributed by atoms with E-state index >= 15 is 0 Å². The molecule has 1 aromatic carbocycles. The lowest BCUT2D eigenvalue weighted by molar-refractivity contribution is -0.362. The summed E-state index contributed by atoms with van der Waals surface area (Å²) < 4.78 is 7.18. The second-order valence-corrected chi connectivity index (χ2v) is 11.5. The molecule has 2 bridgehead atoms. The zero-order valence-corrected chi connectivity index (χ0v) is 19.3. The maximum Gasteiger partial charge on any atom is 0.253 e. The van der Waals surface area contributed by atoms with Gasteiger partial charge in [-0.3, -0.25) is 9.59 Å². The summed E-state index contributed by atoms with van der Waals surface area (Å²) >= 11 is 0. The number of hydrogen-bond donors (Lipinski definition) is 1. The Hall–Kier alpha value is -3.09. The third-order valence-electron chi connectivity index (χ3n) is 8.93. The largest absolute Gasteiger partial charge is 0.618 e. The van der Waals surface area contributed by atoms with Gasteiger partial charge < -0.3 is 20.2 Å². The van der Waals surface area contributed by atoms with E-state index in [-0.39, 0.29) is 17.7 Å². The number of fused-ring (bicyclic) bond motifs is 6. The van der Waals surface area contributed by atoms with E-state index in [9.17, 15) is 14.8 Å². The van der Waals surface area contributed by atoms with Gasteiger partial charge in [0.15, 0.2) is 0 Å². The van der Waals surface area contributed by atoms with Crippen LogP contribution in [0.15, 0.2) is 24.3 Å². The Morgan fingerprint density at radius 3 is 2.79 bits per heavy atom. The van der Waals surface area contributed by atoms with Crippen LogP contribution in [0.5, 0.6) is 5.75 Å². The van der Waals surface area contributed by atoms with Crippen molar-refractivity contribution in [1.29, 1.82) is 0 Å². The molecule has 1 aliphatic carbocycles. The number of carbonyl (C=O) groups is 2. The molecule has 4 saturated heterocycles. The van der Waals surface area contributed by atoms with E-state index in [1.165, 1.54) is 0 Å². The zero-order chi connectivity index (χ0) is 23.1. The predicted octanol–water partition coefficient (Wildman–Crippen LogP) is 3.14. The summed E-state index contributed by atoms with van der Waals surface area (Å²) in [7, 11) is 0. The Morgan fingerprint density at radius 1 is 1.21 bits per heavy atom. The third-order valence-corrected chi connectivity index (χ3v) is 8.93. The molecule has 8 rings (SSSR count). The highest BCUT2D eigenvalue weighted by atomic mass is 16.5. The summed E-state index contributed by atoms with van der Waals surface area (Å²) in [6.07, 6.45) is 7.93. The summed E-state index contributed by atoms with van der Waals surface area (Å²) in [5, 5.41) is 17.0. The number of allylic oxidation sites excluding steroid dienone is 1. The Bertz CT molecular complexity index is 1300. The molecule has 0 radical (unpaired) electrons. The molecular formula is C26H27N3O4. The lowest BCUT2D eigenvalue weighted by atomic mass is 9.51. The summed E-state index contributed by atoms with van der Waals surface area (Å²) in [6, 6.07) is 3.82. The number of piperidine rings is 2. The smallest absolute Gasteiger partial charge is 0.253 e. The number of hydrogen-bond acceptors (Lipinski definition) is 4. The summed E-state index contributed by atoms with van der Waals surface area (Å²) in [4.78, 5) is 29.0. The fraction of sp³-hybridized carbons (Fsp3) is 0.500. The normalized spacial score (nSPS) is 35.8. The van der Waals surface area contributed by atoms with Crippen LogP contribution < -0.4 is 10.1 Å². The second kappa shape index (κ2) is 5.34. The van der Waals surface area contributed by atoms with Gasteiger partial charge in [0.05, 0.1) is 22.1 Å². The van der Waals surface area contributed by atoms with Crippen LogP contribution in [0.1, 0.15) is 58.1 Å². The summed E-state index contributed by atoms with van der Waals surface area (Å²) in [5.74, 6) is 0.424. The van der Waals surface area contributed by atoms with Crippen molar-refractivity contribution < 1.29 is 19.1 Å². The Balaban J connectivity index is 1.49. The molecule has 4 fully saturated rings. The molecule has 1 aromatic rings. The third kappa shape index (κ3) is 1.98. The van der Waals surface area contributed by atoms with Crippen molar-refractivity contribution in [3.05, 3.63) is 40.6 Å². The Morgan fingerprint density at radius 2 is 2.00 bits per heavy atom. The van der Waals surface area contributed by atoms with Crippen molar-refractivity contribution in [2.45, 2.75) is 63.6 Å². The number of piperazine rings is 1. The predicted molar refractivity (Wildman–Crippen MR) is 123 cm³/mol. The first-order chi connectivity index (χ1) is 15.5. The van der Waals surface area contributed by atoms with Crippen LogP contribution in [-0.2, 0) is 9.59 Å². The molecule has 7 aliphatic rings. The van der Waals surface area contributed by atoms with Gasteiger partial charge in [0.1, 0.15) is 22.4 Å². The Kier molecular flexibility index (Phi) is 3.14. The van der Waals surface area contributed by atoms with Gasteiger partial charge in [-0.2, -0.15) is 4.74 Å². The molecule has 7 heteroatoms. The van der Waals surface area contributed by atoms with E-state index in [1.54, 1.807) is 0 Å². The Labute approximate surface area is 192 Å². The minimum atomic E-state index is -1.11. The molecule has 0 aromatic heterocycles. The van der Waals surface area contributed by atoms with Crippen LogP contribution >= 0.6 is 0 Å². The van der Waals surface area contributed by atoms with Crippen molar-refractivity contribution in [1.82, 2.24) is 10.2 Å². The van der Waals surface area contributed by atoms with Crippen molar-refractivity contribution in [3.8, 4) is 5.75 Å². The van der Waals surface area contributed by atoms with Crippen LogP contribution in [0.4, 0.5) is 5.69 Å². The van der Waals surface area contributed by atoms with Crippen LogP contribution in [0.2, 0.25) is 0 Å². The molecule has 33 heavy (non-hydrogen) atoms. The molecular weight excluding hydrogens is 418 g/mol. The number of amides is 2. The highest BCUT2D eigenvalue weighted by molar-refractivity contribution is 6.30. The molecule has 2 spiro atoms. The van der Waals surface area contributed by atoms with Crippen molar-refractivity contribution >= 4 is 34.9 Å². The average Bonchev–Trinajstić information content (AvgIpc) is 3.29. The van der Waals surface area contributed by atoms with Gasteiger partial charge in [-0.05, 0) is 77.3 Å². The molecule has 1 unspecified atom stereocenters. The molecule has 6 heterocycles. The van der Waals surface area contributed by atoms with Crippen LogP contribution in [-0.4, -0.2) is 50.4 Å². The van der Waals surface area contributed by atoms with Crippen LogP contribution in [0.25, 0.3) is 11.6 Å². The molecule has 170 valence electrons. The number of carbonyl (C=O) groups excluding carboxylic acids is 2. The van der Waals surface area contributed by atoms with Crippen molar-refractivity contribution in [3.63, 3.8) is 0 Å². The molecule has 1 N–H and O–H groups in total. The van der Waals surface area contributed by atoms with E-state index in [0.29, 0.717) is 36.5 Å². The number of ether oxygens (including phenoxy) is 1. The number of benzene rings is 1. The minimum Gasteiger partial charge on any atom is -0.618 e. The van der Waals surface area contributed by atoms with E-state index < -0.39 is 22.1 Å². The van der Waals surface area contributed by atoms with E-state index in [2.05, 4.69) is 19.2 Å². The van der Waals surface area contributed by atoms with E-state index in [1.807, 2.05) is 49.1 Å². The van der Waals surface area contributed by atoms with Gasteiger partial charge in [-0.25, -0.2) is 0 Å². The van der Waals surface area contributed by atoms with Crippen molar-refractivity contribution in [2.75, 3.05) is 6.54 Å². The lowest BCUT2D eigenvalue weighted by Gasteiger charge is -2.62. The van der Waals surface area contributed by atoms with Gasteiger partial charge in [-0.15, -0.1) is 0 Å². The van der Waals surface area contributed by atoms with Crippen LogP contribution in [0.3, 0.4) is 0 Å². The molecule has 3 atom stereocenters. The first kappa shape index (κ1) is 19.4. The second-order valence-electron chi connectivity index (χ2n) is 11.5. The number of nitrogens with one attached hydrogen (secondary N) is 1. The highest BCUT2D eigenvalue weighted by Gasteiger charge is 2.74. The number of nitrogens with zero attached hydrogens (tertiary/aromatic N) is 2. The van der Waals surface area contributed by atoms with Gasteiger partial charge in [0, 0.05) is 12.5 Å². The van der Waals surface area contributed by atoms with E-state index in [0.717, 1.165) is 27.9 Å². The molecule has 7 nitrogen and oxygen atoms in total. The van der Waals surface area contributed by atoms with Gasteiger partial charge in [-0.1, -0.05) is 0 Å². The molecule has 6 aliphatic heterocycles. The monoisotopic (exact) mass is 445 g/mol. The fourth-order valence-electron chi connectivity index (χ4n) is 7.43. The summed E-state index contributed by atoms with van der Waals surface area (Å²) in [6.45, 7) is 8.69. The SMILES string of the molecule is CC1(C)C=Cc2c(ccc3c2[N+]([O-])=C2C3=C[C@@]34NC(=O)[C@@]5(CCCN5C3=O)CC4C2(C)C)O1. The number of rotatable bonds is 0. The van der Waals surface area contributed by atoms with Gasteiger partial charge >= 0.3 is 0 Å². The fourth-order valence-corrected chi connectivity index (χ4v) is 7.43. The summed E-state index contributed by atoms with van der Waals surface area (Å²) in [5.41, 5.74) is 0.613. The van der Waals surface area contributed by atoms with Gasteiger partial charge in [0.25, 0.3) is 5.91 Å². The highest BCUT2D eigenvalue weighted by Crippen LogP contribution is 2.61. The zero-order valence-electron chi connectivity index (χ0n) is 19.3. The molecule has 2 amide bonds. The molecule has 0 saturated carbocycles. The first-order valence-corrected chi connectivity index (χ1v) is 11.8. The van der Waals surface area contributed by atoms with Crippen molar-refractivity contribution in [2.24, 2.45) is 11.3 Å². The van der Waals surface area contributed by atoms with Crippen LogP contribution in [0, 0.1) is 16.5 Å². The van der Waals surface area contributed by atoms with Gasteiger partial charge in [0.2, 0.25) is 17.3 Å². The topological polar surface area (TPSA) is 84.7 Å². The quantitative estimate of drug-likeness (QED) is 0.491. The average molecular weight is 446 g/mol. The minimum absolute atomic E-state index is 0.0238. The van der Waals surface area contributed by atoms with E-state index in [4.69, 9.17) is 4.74 Å². The maximum atomic E-state index is 13.9. The lowest BCUT2D eigenvalue weighted by Crippen LogP contribution is -2.83. The maximum absolute atomic E-state index is 13.9.